The number of piperidine rings is 1. The second-order valence-electron chi connectivity index (χ2n) is 10.5. The van der Waals surface area contributed by atoms with Crippen molar-refractivity contribution in [2.45, 2.75) is 44.8 Å². The Labute approximate surface area is 208 Å². The standard InChI is InChI=1S/C28H39N3O4/c1-22-8-10-25(11-9-22)35-21-28(34)19-29(16-17-31(20-28)24(3)32)18-27(33)12-14-30(15-13-27)26-7-5-4-6-23(26)2/h4-11,33-34H,12-21H2,1-3H3. The molecular formula is C28H39N3O4. The Morgan fingerprint density at radius 3 is 2.26 bits per heavy atom. The summed E-state index contributed by atoms with van der Waals surface area (Å²) in [5, 5.41) is 23.0. The van der Waals surface area contributed by atoms with Crippen LogP contribution in [0, 0.1) is 13.8 Å². The largest absolute Gasteiger partial charge is 0.490 e. The van der Waals surface area contributed by atoms with Gasteiger partial charge in [-0.2, -0.15) is 0 Å². The highest BCUT2D eigenvalue weighted by atomic mass is 16.5. The summed E-state index contributed by atoms with van der Waals surface area (Å²) in [6, 6.07) is 16.1. The maximum Gasteiger partial charge on any atom is 0.219 e. The number of amides is 1. The number of hydrogen-bond donors (Lipinski definition) is 2. The van der Waals surface area contributed by atoms with E-state index in [4.69, 9.17) is 4.74 Å². The predicted molar refractivity (Wildman–Crippen MR) is 138 cm³/mol. The van der Waals surface area contributed by atoms with Crippen LogP contribution in [-0.2, 0) is 4.79 Å². The van der Waals surface area contributed by atoms with Gasteiger partial charge in [0.25, 0.3) is 0 Å². The summed E-state index contributed by atoms with van der Waals surface area (Å²) in [6.07, 6.45) is 1.32. The average Bonchev–Trinajstić information content (AvgIpc) is 2.98. The second kappa shape index (κ2) is 10.6. The van der Waals surface area contributed by atoms with E-state index in [1.54, 1.807) is 4.90 Å². The predicted octanol–water partition coefficient (Wildman–Crippen LogP) is 2.61. The molecule has 2 N–H and O–H groups in total. The Morgan fingerprint density at radius 1 is 0.914 bits per heavy atom. The van der Waals surface area contributed by atoms with Gasteiger partial charge < -0.3 is 24.7 Å². The first-order valence-corrected chi connectivity index (χ1v) is 12.6. The first-order valence-electron chi connectivity index (χ1n) is 12.6. The lowest BCUT2D eigenvalue weighted by Gasteiger charge is -2.43. The summed E-state index contributed by atoms with van der Waals surface area (Å²) in [6.45, 7) is 9.47. The van der Waals surface area contributed by atoms with Crippen LogP contribution >= 0.6 is 0 Å². The van der Waals surface area contributed by atoms with Crippen LogP contribution in [0.15, 0.2) is 48.5 Å². The van der Waals surface area contributed by atoms with Crippen molar-refractivity contribution in [1.82, 2.24) is 9.80 Å². The van der Waals surface area contributed by atoms with E-state index < -0.39 is 11.2 Å². The molecule has 1 amide bonds. The van der Waals surface area contributed by atoms with E-state index in [-0.39, 0.29) is 19.1 Å². The molecular weight excluding hydrogens is 442 g/mol. The molecule has 35 heavy (non-hydrogen) atoms. The zero-order chi connectivity index (χ0) is 25.1. The average molecular weight is 482 g/mol. The zero-order valence-corrected chi connectivity index (χ0v) is 21.2. The van der Waals surface area contributed by atoms with Gasteiger partial charge >= 0.3 is 0 Å². The van der Waals surface area contributed by atoms with Crippen LogP contribution in [0.25, 0.3) is 0 Å². The van der Waals surface area contributed by atoms with Gasteiger partial charge in [0.2, 0.25) is 5.91 Å². The van der Waals surface area contributed by atoms with Gasteiger partial charge in [0.05, 0.1) is 12.1 Å². The van der Waals surface area contributed by atoms with Gasteiger partial charge in [-0.25, -0.2) is 0 Å². The molecule has 7 heteroatoms. The molecule has 1 atom stereocenters. The highest BCUT2D eigenvalue weighted by Gasteiger charge is 2.41. The summed E-state index contributed by atoms with van der Waals surface area (Å²) >= 11 is 0. The number of aliphatic hydroxyl groups is 2. The molecule has 2 heterocycles. The van der Waals surface area contributed by atoms with Crippen molar-refractivity contribution in [3.8, 4) is 5.75 Å². The van der Waals surface area contributed by atoms with Crippen molar-refractivity contribution >= 4 is 11.6 Å². The fourth-order valence-electron chi connectivity index (χ4n) is 5.25. The molecule has 2 aliphatic rings. The summed E-state index contributed by atoms with van der Waals surface area (Å²) in [5.41, 5.74) is 1.55. The lowest BCUT2D eigenvalue weighted by atomic mass is 9.89. The van der Waals surface area contributed by atoms with Crippen molar-refractivity contribution in [2.75, 3.05) is 57.3 Å². The summed E-state index contributed by atoms with van der Waals surface area (Å²) in [5.74, 6) is 0.627. The summed E-state index contributed by atoms with van der Waals surface area (Å²) in [7, 11) is 0. The first-order chi connectivity index (χ1) is 16.6. The van der Waals surface area contributed by atoms with E-state index in [1.165, 1.54) is 18.2 Å². The Morgan fingerprint density at radius 2 is 1.60 bits per heavy atom. The number of aryl methyl sites for hydroxylation is 2. The molecule has 1 unspecified atom stereocenters. The number of benzene rings is 2. The lowest BCUT2D eigenvalue weighted by Crippen LogP contribution is -2.55. The fourth-order valence-corrected chi connectivity index (χ4v) is 5.25. The SMILES string of the molecule is CC(=O)N1CCN(CC2(O)CCN(c3ccccc3C)CC2)CC(O)(COc2ccc(C)cc2)C1. The second-order valence-corrected chi connectivity index (χ2v) is 10.5. The van der Waals surface area contributed by atoms with Crippen LogP contribution in [0.1, 0.15) is 30.9 Å². The number of para-hydroxylation sites is 1. The van der Waals surface area contributed by atoms with Gasteiger partial charge in [-0.1, -0.05) is 35.9 Å². The van der Waals surface area contributed by atoms with Crippen LogP contribution in [0.2, 0.25) is 0 Å². The number of carbonyl (C=O) groups is 1. The minimum Gasteiger partial charge on any atom is -0.490 e. The number of hydrogen-bond acceptors (Lipinski definition) is 6. The molecule has 0 bridgehead atoms. The number of anilines is 1. The molecule has 7 nitrogen and oxygen atoms in total. The van der Waals surface area contributed by atoms with E-state index in [0.717, 1.165) is 18.7 Å². The van der Waals surface area contributed by atoms with Gasteiger partial charge in [-0.15, -0.1) is 0 Å². The van der Waals surface area contributed by atoms with Crippen LogP contribution in [0.4, 0.5) is 5.69 Å². The van der Waals surface area contributed by atoms with E-state index in [9.17, 15) is 15.0 Å². The van der Waals surface area contributed by atoms with Crippen LogP contribution in [-0.4, -0.2) is 89.5 Å². The zero-order valence-electron chi connectivity index (χ0n) is 21.2. The monoisotopic (exact) mass is 481 g/mol. The smallest absolute Gasteiger partial charge is 0.219 e. The minimum absolute atomic E-state index is 0.0640. The van der Waals surface area contributed by atoms with Gasteiger partial charge in [0, 0.05) is 51.9 Å². The van der Waals surface area contributed by atoms with Gasteiger partial charge in [-0.3, -0.25) is 9.69 Å². The molecule has 0 spiro atoms. The molecule has 0 aromatic heterocycles. The van der Waals surface area contributed by atoms with E-state index in [1.807, 2.05) is 37.3 Å². The molecule has 0 radical (unpaired) electrons. The van der Waals surface area contributed by atoms with Gasteiger partial charge in [-0.05, 0) is 50.5 Å². The number of carbonyl (C=O) groups excluding carboxylic acids is 1. The van der Waals surface area contributed by atoms with Crippen LogP contribution in [0.3, 0.4) is 0 Å². The normalized spacial score (nSPS) is 23.1. The first kappa shape index (κ1) is 25.5. The topological polar surface area (TPSA) is 76.5 Å². The third-order valence-electron chi connectivity index (χ3n) is 7.33. The summed E-state index contributed by atoms with van der Waals surface area (Å²) < 4.78 is 5.94. The lowest BCUT2D eigenvalue weighted by molar-refractivity contribution is -0.132. The molecule has 0 aliphatic carbocycles. The molecule has 2 aromatic rings. The highest BCUT2D eigenvalue weighted by Crippen LogP contribution is 2.30. The molecule has 4 rings (SSSR count). The van der Waals surface area contributed by atoms with Crippen molar-refractivity contribution in [2.24, 2.45) is 0 Å². The quantitative estimate of drug-likeness (QED) is 0.661. The van der Waals surface area contributed by atoms with E-state index in [0.29, 0.717) is 44.8 Å². The highest BCUT2D eigenvalue weighted by molar-refractivity contribution is 5.73. The van der Waals surface area contributed by atoms with Crippen LogP contribution in [0.5, 0.6) is 5.75 Å². The van der Waals surface area contributed by atoms with E-state index >= 15 is 0 Å². The number of rotatable bonds is 6. The van der Waals surface area contributed by atoms with Gasteiger partial charge in [0.1, 0.15) is 18.0 Å². The Hall–Kier alpha value is -2.61. The van der Waals surface area contributed by atoms with Crippen molar-refractivity contribution in [3.05, 3.63) is 59.7 Å². The van der Waals surface area contributed by atoms with Crippen LogP contribution < -0.4 is 9.64 Å². The maximum atomic E-state index is 12.2. The molecule has 190 valence electrons. The molecule has 2 aromatic carbocycles. The number of β-amino-alcohol motifs (C(OH)–C–C–N with tert-alkyl or cyclic N) is 2. The number of ether oxygens (including phenoxy) is 1. The third kappa shape index (κ3) is 6.54. The van der Waals surface area contributed by atoms with E-state index in [2.05, 4.69) is 34.9 Å². The molecule has 2 aliphatic heterocycles. The molecule has 0 saturated carbocycles. The molecule has 2 fully saturated rings. The Kier molecular flexibility index (Phi) is 7.69. The Bertz CT molecular complexity index is 1000. The minimum atomic E-state index is -1.23. The Balaban J connectivity index is 1.41. The third-order valence-corrected chi connectivity index (χ3v) is 7.33. The molecule has 2 saturated heterocycles. The summed E-state index contributed by atoms with van der Waals surface area (Å²) in [4.78, 5) is 18.3. The van der Waals surface area contributed by atoms with Gasteiger partial charge in [0.15, 0.2) is 0 Å². The van der Waals surface area contributed by atoms with Crippen molar-refractivity contribution in [1.29, 1.82) is 0 Å². The fraction of sp³-hybridized carbons (Fsp3) is 0.536. The number of nitrogens with zero attached hydrogens (tertiary/aromatic N) is 3. The maximum absolute atomic E-state index is 12.2. The van der Waals surface area contributed by atoms with Crippen molar-refractivity contribution in [3.63, 3.8) is 0 Å². The van der Waals surface area contributed by atoms with Crippen molar-refractivity contribution < 1.29 is 19.7 Å².